The summed E-state index contributed by atoms with van der Waals surface area (Å²) in [5.41, 5.74) is 11.2. The molecule has 3 heteroatoms. The van der Waals surface area contributed by atoms with Crippen LogP contribution < -0.4 is 0 Å². The number of aromatic hydroxyl groups is 1. The van der Waals surface area contributed by atoms with Crippen LogP contribution >= 0.6 is 0 Å². The van der Waals surface area contributed by atoms with Gasteiger partial charge in [0, 0.05) is 12.8 Å². The summed E-state index contributed by atoms with van der Waals surface area (Å²) in [5.74, 6) is 0.297. The third-order valence-corrected chi connectivity index (χ3v) is 7.08. The van der Waals surface area contributed by atoms with E-state index in [2.05, 4.69) is 86.6 Å². The van der Waals surface area contributed by atoms with E-state index < -0.39 is 0 Å². The van der Waals surface area contributed by atoms with Crippen molar-refractivity contribution in [1.29, 1.82) is 0 Å². The highest BCUT2D eigenvalue weighted by atomic mass is 16.3. The van der Waals surface area contributed by atoms with Crippen molar-refractivity contribution in [3.05, 3.63) is 97.6 Å². The molecular weight excluding hydrogens is 444 g/mol. The Morgan fingerprint density at radius 1 is 0.528 bits per heavy atom. The molecule has 0 spiro atoms. The predicted octanol–water partition coefficient (Wildman–Crippen LogP) is 7.08. The number of phenolic OH excluding ortho intramolecular Hbond substituents is 1. The quantitative estimate of drug-likeness (QED) is 0.347. The topological polar surface area (TPSA) is 60.7 Å². The van der Waals surface area contributed by atoms with Gasteiger partial charge in [0.25, 0.3) is 0 Å². The zero-order valence-corrected chi connectivity index (χ0v) is 23.6. The number of aryl methyl sites for hydroxylation is 3. The Balaban J connectivity index is 2.11. The Bertz CT molecular complexity index is 1160. The van der Waals surface area contributed by atoms with Gasteiger partial charge in [-0.15, -0.1) is 0 Å². The van der Waals surface area contributed by atoms with Crippen molar-refractivity contribution >= 4 is 0 Å². The van der Waals surface area contributed by atoms with E-state index in [0.29, 0.717) is 18.6 Å². The highest BCUT2D eigenvalue weighted by molar-refractivity contribution is 5.52. The zero-order chi connectivity index (χ0) is 27.0. The predicted molar refractivity (Wildman–Crippen MR) is 150 cm³/mol. The van der Waals surface area contributed by atoms with E-state index in [-0.39, 0.29) is 24.0 Å². The minimum atomic E-state index is -0.0880. The molecule has 3 nitrogen and oxygen atoms in total. The Morgan fingerprint density at radius 3 is 1.14 bits per heavy atom. The summed E-state index contributed by atoms with van der Waals surface area (Å²) in [7, 11) is 0. The summed E-state index contributed by atoms with van der Waals surface area (Å²) >= 11 is 0. The Labute approximate surface area is 217 Å². The first kappa shape index (κ1) is 28.0. The van der Waals surface area contributed by atoms with Crippen LogP contribution in [0.5, 0.6) is 5.75 Å². The lowest BCUT2D eigenvalue weighted by Gasteiger charge is -2.26. The molecule has 0 aliphatic rings. The van der Waals surface area contributed by atoms with E-state index in [1.807, 2.05) is 12.1 Å². The SMILES string of the molecule is Cc1cc(Cc2cc(C)cc(C(C)(C)C)c2CO)c(O)c(Cc2cc(C)cc(C(C)(C)C)c2CO)c1. The normalized spacial score (nSPS) is 12.3. The summed E-state index contributed by atoms with van der Waals surface area (Å²) in [6, 6.07) is 12.7. The molecule has 0 aliphatic heterocycles. The molecule has 3 aromatic carbocycles. The van der Waals surface area contributed by atoms with Crippen molar-refractivity contribution in [2.75, 3.05) is 0 Å². The van der Waals surface area contributed by atoms with E-state index in [4.69, 9.17) is 0 Å². The summed E-state index contributed by atoms with van der Waals surface area (Å²) in [6.07, 6.45) is 1.10. The fraction of sp³-hybridized carbons (Fsp3) is 0.455. The second-order valence-corrected chi connectivity index (χ2v) is 12.5. The van der Waals surface area contributed by atoms with Crippen molar-refractivity contribution in [3.63, 3.8) is 0 Å². The minimum absolute atomic E-state index is 0.0274. The maximum atomic E-state index is 11.4. The van der Waals surface area contributed by atoms with Crippen LogP contribution in [0.2, 0.25) is 0 Å². The molecule has 0 aliphatic carbocycles. The average Bonchev–Trinajstić information content (AvgIpc) is 2.75. The van der Waals surface area contributed by atoms with E-state index in [1.165, 1.54) is 0 Å². The van der Waals surface area contributed by atoms with Gasteiger partial charge in [0.1, 0.15) is 5.75 Å². The lowest BCUT2D eigenvalue weighted by Crippen LogP contribution is -2.17. The van der Waals surface area contributed by atoms with Crippen LogP contribution in [-0.4, -0.2) is 15.3 Å². The molecule has 3 aromatic rings. The third-order valence-electron chi connectivity index (χ3n) is 7.08. The molecule has 0 fully saturated rings. The lowest BCUT2D eigenvalue weighted by atomic mass is 9.79. The second-order valence-electron chi connectivity index (χ2n) is 12.5. The maximum absolute atomic E-state index is 11.4. The molecule has 0 saturated heterocycles. The van der Waals surface area contributed by atoms with Gasteiger partial charge in [0.2, 0.25) is 0 Å². The molecule has 0 radical (unpaired) electrons. The monoisotopic (exact) mass is 488 g/mol. The number of aliphatic hydroxyl groups excluding tert-OH is 2. The Hall–Kier alpha value is -2.62. The molecule has 0 unspecified atom stereocenters. The van der Waals surface area contributed by atoms with Gasteiger partial charge >= 0.3 is 0 Å². The van der Waals surface area contributed by atoms with Gasteiger partial charge in [-0.2, -0.15) is 0 Å². The van der Waals surface area contributed by atoms with Crippen molar-refractivity contribution < 1.29 is 15.3 Å². The van der Waals surface area contributed by atoms with Crippen LogP contribution in [-0.2, 0) is 36.9 Å². The molecule has 0 amide bonds. The van der Waals surface area contributed by atoms with Gasteiger partial charge in [0.15, 0.2) is 0 Å². The van der Waals surface area contributed by atoms with E-state index in [9.17, 15) is 15.3 Å². The number of aliphatic hydroxyl groups is 2. The summed E-state index contributed by atoms with van der Waals surface area (Å²) in [6.45, 7) is 19.2. The van der Waals surface area contributed by atoms with Gasteiger partial charge in [-0.1, -0.05) is 94.6 Å². The van der Waals surface area contributed by atoms with Gasteiger partial charge in [-0.25, -0.2) is 0 Å². The second kappa shape index (κ2) is 10.4. The van der Waals surface area contributed by atoms with Gasteiger partial charge in [-0.05, 0) is 76.1 Å². The number of benzene rings is 3. The van der Waals surface area contributed by atoms with Crippen LogP contribution in [0, 0.1) is 20.8 Å². The molecule has 0 heterocycles. The van der Waals surface area contributed by atoms with Crippen molar-refractivity contribution in [3.8, 4) is 5.75 Å². The Kier molecular flexibility index (Phi) is 8.07. The van der Waals surface area contributed by atoms with E-state index >= 15 is 0 Å². The number of phenols is 1. The number of rotatable bonds is 6. The van der Waals surface area contributed by atoms with Crippen molar-refractivity contribution in [2.45, 2.75) is 99.2 Å². The molecule has 36 heavy (non-hydrogen) atoms. The van der Waals surface area contributed by atoms with Gasteiger partial charge in [-0.3, -0.25) is 0 Å². The largest absolute Gasteiger partial charge is 0.507 e. The first-order valence-corrected chi connectivity index (χ1v) is 12.9. The smallest absolute Gasteiger partial charge is 0.122 e. The van der Waals surface area contributed by atoms with Crippen LogP contribution in [0.4, 0.5) is 0 Å². The van der Waals surface area contributed by atoms with Crippen LogP contribution in [0.1, 0.15) is 103 Å². The number of hydrogen-bond acceptors (Lipinski definition) is 3. The molecule has 0 atom stereocenters. The summed E-state index contributed by atoms with van der Waals surface area (Å²) in [5, 5.41) is 32.0. The van der Waals surface area contributed by atoms with Crippen molar-refractivity contribution in [1.82, 2.24) is 0 Å². The molecule has 3 rings (SSSR count). The summed E-state index contributed by atoms with van der Waals surface area (Å²) in [4.78, 5) is 0. The minimum Gasteiger partial charge on any atom is -0.507 e. The highest BCUT2D eigenvalue weighted by Gasteiger charge is 2.23. The summed E-state index contributed by atoms with van der Waals surface area (Å²) < 4.78 is 0. The first-order valence-electron chi connectivity index (χ1n) is 12.9. The van der Waals surface area contributed by atoms with Crippen LogP contribution in [0.3, 0.4) is 0 Å². The number of hydrogen-bond donors (Lipinski definition) is 3. The molecule has 0 bridgehead atoms. The average molecular weight is 489 g/mol. The lowest BCUT2D eigenvalue weighted by molar-refractivity contribution is 0.277. The van der Waals surface area contributed by atoms with Gasteiger partial charge in [0.05, 0.1) is 13.2 Å². The van der Waals surface area contributed by atoms with E-state index in [1.54, 1.807) is 0 Å². The maximum Gasteiger partial charge on any atom is 0.122 e. The third kappa shape index (κ3) is 6.02. The van der Waals surface area contributed by atoms with Gasteiger partial charge < -0.3 is 15.3 Å². The molecule has 3 N–H and O–H groups in total. The molecule has 194 valence electrons. The Morgan fingerprint density at radius 2 is 0.833 bits per heavy atom. The van der Waals surface area contributed by atoms with Crippen LogP contribution in [0.25, 0.3) is 0 Å². The first-order chi connectivity index (χ1) is 16.6. The van der Waals surface area contributed by atoms with E-state index in [0.717, 1.165) is 61.2 Å². The zero-order valence-electron chi connectivity index (χ0n) is 23.6. The highest BCUT2D eigenvalue weighted by Crippen LogP contribution is 2.36. The van der Waals surface area contributed by atoms with Crippen LogP contribution in [0.15, 0.2) is 36.4 Å². The fourth-order valence-corrected chi connectivity index (χ4v) is 5.42. The van der Waals surface area contributed by atoms with Crippen molar-refractivity contribution in [2.24, 2.45) is 0 Å². The molecule has 0 saturated carbocycles. The standard InChI is InChI=1S/C33H44O3/c1-20-12-25(16-23-10-21(2)14-29(27(23)18-34)32(4,5)6)31(36)26(13-20)17-24-11-22(3)15-30(28(24)19-35)33(7,8)9/h10-15,34-36H,16-19H2,1-9H3. The molecule has 0 aromatic heterocycles. The fourth-order valence-electron chi connectivity index (χ4n) is 5.42. The molecular formula is C33H44O3.